The SMILES string of the molecule is C[C@]12CCC3C(CC[C@H]4C[C@@H](OC(=O)CN5CCOCC5)CC[C@]34C)C1CC[C@@H]2NC(=O)CN1CCOCC1.Cl.Cl. The highest BCUT2D eigenvalue weighted by molar-refractivity contribution is 5.85. The third-order valence-electron chi connectivity index (χ3n) is 12.2. The largest absolute Gasteiger partial charge is 0.461 e. The van der Waals surface area contributed by atoms with Crippen LogP contribution in [0.25, 0.3) is 0 Å². The fourth-order valence-corrected chi connectivity index (χ4v) is 9.93. The molecule has 3 unspecified atom stereocenters. The molecule has 0 bridgehead atoms. The van der Waals surface area contributed by atoms with Crippen LogP contribution in [0.3, 0.4) is 0 Å². The summed E-state index contributed by atoms with van der Waals surface area (Å²) in [5.74, 6) is 3.05. The van der Waals surface area contributed by atoms with Gasteiger partial charge < -0.3 is 19.5 Å². The minimum Gasteiger partial charge on any atom is -0.461 e. The van der Waals surface area contributed by atoms with Crippen molar-refractivity contribution < 1.29 is 23.8 Å². The molecule has 6 fully saturated rings. The lowest BCUT2D eigenvalue weighted by atomic mass is 9.45. The van der Waals surface area contributed by atoms with E-state index in [1.54, 1.807) is 0 Å². The first-order valence-electron chi connectivity index (χ1n) is 15.9. The van der Waals surface area contributed by atoms with Crippen molar-refractivity contribution in [3.05, 3.63) is 0 Å². The number of rotatable bonds is 6. The molecule has 0 aromatic carbocycles. The van der Waals surface area contributed by atoms with E-state index >= 15 is 0 Å². The number of fused-ring (bicyclic) bond motifs is 5. The lowest BCUT2D eigenvalue weighted by molar-refractivity contribution is -0.163. The number of nitrogens with one attached hydrogen (secondary N) is 1. The highest BCUT2D eigenvalue weighted by atomic mass is 35.5. The second-order valence-electron chi connectivity index (χ2n) is 14.1. The normalized spacial score (nSPS) is 41.0. The smallest absolute Gasteiger partial charge is 0.320 e. The van der Waals surface area contributed by atoms with Crippen LogP contribution in [0.1, 0.15) is 71.6 Å². The van der Waals surface area contributed by atoms with Crippen LogP contribution in [-0.4, -0.2) is 99.5 Å². The lowest BCUT2D eigenvalue weighted by Crippen LogP contribution is -2.57. The van der Waals surface area contributed by atoms with E-state index in [1.165, 1.54) is 38.5 Å². The third kappa shape index (κ3) is 6.88. The maximum absolute atomic E-state index is 13.0. The molecule has 1 amide bonds. The Bertz CT molecular complexity index is 901. The van der Waals surface area contributed by atoms with Crippen LogP contribution in [-0.2, 0) is 23.8 Å². The van der Waals surface area contributed by atoms with Crippen molar-refractivity contribution in [1.29, 1.82) is 0 Å². The second kappa shape index (κ2) is 14.0. The molecule has 0 aromatic rings. The summed E-state index contributed by atoms with van der Waals surface area (Å²) in [7, 11) is 0. The third-order valence-corrected chi connectivity index (χ3v) is 12.2. The van der Waals surface area contributed by atoms with Gasteiger partial charge in [0, 0.05) is 32.2 Å². The Hall–Kier alpha value is -0.640. The number of carbonyl (C=O) groups is 2. The van der Waals surface area contributed by atoms with Gasteiger partial charge in [0.2, 0.25) is 5.91 Å². The van der Waals surface area contributed by atoms with Crippen LogP contribution < -0.4 is 5.32 Å². The summed E-state index contributed by atoms with van der Waals surface area (Å²) in [6.07, 6.45) is 10.7. The van der Waals surface area contributed by atoms with Gasteiger partial charge in [-0.15, -0.1) is 24.8 Å². The number of morpholine rings is 2. The van der Waals surface area contributed by atoms with E-state index < -0.39 is 0 Å². The molecule has 6 aliphatic rings. The van der Waals surface area contributed by atoms with Crippen molar-refractivity contribution in [3.63, 3.8) is 0 Å². The quantitative estimate of drug-likeness (QED) is 0.452. The van der Waals surface area contributed by atoms with Gasteiger partial charge in [0.1, 0.15) is 6.10 Å². The fourth-order valence-electron chi connectivity index (χ4n) is 9.93. The van der Waals surface area contributed by atoms with Gasteiger partial charge >= 0.3 is 5.97 Å². The number of nitrogens with zero attached hydrogens (tertiary/aromatic N) is 2. The molecular weight excluding hydrogens is 565 g/mol. The van der Waals surface area contributed by atoms with Gasteiger partial charge in [0.05, 0.1) is 39.5 Å². The highest BCUT2D eigenvalue weighted by Gasteiger charge is 2.60. The van der Waals surface area contributed by atoms with Crippen molar-refractivity contribution in [1.82, 2.24) is 15.1 Å². The predicted molar refractivity (Wildman–Crippen MR) is 163 cm³/mol. The summed E-state index contributed by atoms with van der Waals surface area (Å²) in [5.41, 5.74) is 0.576. The molecule has 6 rings (SSSR count). The molecule has 1 N–H and O–H groups in total. The first kappa shape index (κ1) is 33.3. The summed E-state index contributed by atoms with van der Waals surface area (Å²) in [6.45, 7) is 12.2. The molecule has 8 atom stereocenters. The second-order valence-corrected chi connectivity index (χ2v) is 14.1. The summed E-state index contributed by atoms with van der Waals surface area (Å²) in [5, 5.41) is 3.50. The van der Waals surface area contributed by atoms with Crippen molar-refractivity contribution in [3.8, 4) is 0 Å². The average Bonchev–Trinajstić information content (AvgIpc) is 3.26. The Morgan fingerprint density at radius 1 is 0.780 bits per heavy atom. The minimum atomic E-state index is -0.0553. The molecule has 4 saturated carbocycles. The van der Waals surface area contributed by atoms with Gasteiger partial charge in [-0.3, -0.25) is 19.4 Å². The fraction of sp³-hybridized carbons (Fsp3) is 0.935. The van der Waals surface area contributed by atoms with Crippen LogP contribution in [0.5, 0.6) is 0 Å². The maximum atomic E-state index is 13.0. The van der Waals surface area contributed by atoms with E-state index in [-0.39, 0.29) is 48.2 Å². The number of halogens is 2. The standard InChI is InChI=1S/C31H51N3O5.2ClH/c1-30-9-7-23(39-29(36)21-34-13-17-38-18-14-34)19-22(30)3-4-24-25-5-6-27(31(25,2)10-8-26(24)30)32-28(35)20-33-11-15-37-16-12-33;;/h22-27H,3-21H2,1-2H3,(H,32,35);2*1H/t22-,23-,24?,25?,26?,27-,30-,31-;;/m0../s1. The van der Waals surface area contributed by atoms with Gasteiger partial charge in [-0.1, -0.05) is 13.8 Å². The van der Waals surface area contributed by atoms with Gasteiger partial charge in [-0.25, -0.2) is 0 Å². The highest BCUT2D eigenvalue weighted by Crippen LogP contribution is 2.66. The average molecular weight is 619 g/mol. The first-order chi connectivity index (χ1) is 18.8. The summed E-state index contributed by atoms with van der Waals surface area (Å²) in [6, 6.07) is 0.309. The monoisotopic (exact) mass is 617 g/mol. The lowest BCUT2D eigenvalue weighted by Gasteiger charge is -2.61. The minimum absolute atomic E-state index is 0. The molecule has 0 radical (unpaired) electrons. The summed E-state index contributed by atoms with van der Waals surface area (Å²) < 4.78 is 16.9. The van der Waals surface area contributed by atoms with Gasteiger partial charge in [-0.05, 0) is 92.3 Å². The number of carbonyl (C=O) groups excluding carboxylic acids is 2. The summed E-state index contributed by atoms with van der Waals surface area (Å²) >= 11 is 0. The van der Waals surface area contributed by atoms with Gasteiger partial charge in [0.25, 0.3) is 0 Å². The molecule has 10 heteroatoms. The van der Waals surface area contributed by atoms with Crippen LogP contribution in [0.4, 0.5) is 0 Å². The van der Waals surface area contributed by atoms with Gasteiger partial charge in [-0.2, -0.15) is 0 Å². The molecule has 8 nitrogen and oxygen atoms in total. The summed E-state index contributed by atoms with van der Waals surface area (Å²) in [4.78, 5) is 30.1. The predicted octanol–water partition coefficient (Wildman–Crippen LogP) is 3.93. The van der Waals surface area contributed by atoms with E-state index in [9.17, 15) is 9.59 Å². The molecule has 2 aliphatic heterocycles. The number of hydrogen-bond donors (Lipinski definition) is 1. The number of hydrogen-bond acceptors (Lipinski definition) is 7. The maximum Gasteiger partial charge on any atom is 0.320 e. The molecule has 4 aliphatic carbocycles. The van der Waals surface area contributed by atoms with Crippen LogP contribution in [0.2, 0.25) is 0 Å². The van der Waals surface area contributed by atoms with Crippen LogP contribution in [0.15, 0.2) is 0 Å². The van der Waals surface area contributed by atoms with Crippen molar-refractivity contribution >= 4 is 36.7 Å². The zero-order chi connectivity index (χ0) is 27.0. The van der Waals surface area contributed by atoms with Crippen molar-refractivity contribution in [2.24, 2.45) is 34.5 Å². The molecular formula is C31H53Cl2N3O5. The Labute approximate surface area is 259 Å². The van der Waals surface area contributed by atoms with Crippen molar-refractivity contribution in [2.45, 2.75) is 83.8 Å². The Morgan fingerprint density at radius 3 is 2.07 bits per heavy atom. The molecule has 0 aromatic heterocycles. The van der Waals surface area contributed by atoms with Gasteiger partial charge in [0.15, 0.2) is 0 Å². The van der Waals surface area contributed by atoms with Crippen LogP contribution >= 0.6 is 24.8 Å². The number of amides is 1. The topological polar surface area (TPSA) is 80.3 Å². The molecule has 0 spiro atoms. The number of esters is 1. The molecule has 2 heterocycles. The molecule has 2 saturated heterocycles. The van der Waals surface area contributed by atoms with E-state index in [2.05, 4.69) is 29.0 Å². The van der Waals surface area contributed by atoms with E-state index in [0.29, 0.717) is 49.6 Å². The van der Waals surface area contributed by atoms with E-state index in [4.69, 9.17) is 14.2 Å². The zero-order valence-electron chi connectivity index (χ0n) is 25.2. The Morgan fingerprint density at radius 2 is 1.39 bits per heavy atom. The van der Waals surface area contributed by atoms with Crippen LogP contribution in [0, 0.1) is 34.5 Å². The first-order valence-corrected chi connectivity index (χ1v) is 15.9. The molecule has 41 heavy (non-hydrogen) atoms. The number of ether oxygens (including phenoxy) is 3. The zero-order valence-corrected chi connectivity index (χ0v) is 26.8. The molecule has 236 valence electrons. The van der Waals surface area contributed by atoms with E-state index in [1.807, 2.05) is 0 Å². The van der Waals surface area contributed by atoms with E-state index in [0.717, 1.165) is 70.5 Å². The Kier molecular flexibility index (Phi) is 11.3. The Balaban J connectivity index is 0.00000194. The van der Waals surface area contributed by atoms with Crippen molar-refractivity contribution in [2.75, 3.05) is 65.7 Å².